The Bertz CT molecular complexity index is 542. The van der Waals surface area contributed by atoms with E-state index in [2.05, 4.69) is 34.7 Å². The fraction of sp³-hybridized carbons (Fsp3) is 0.833. The Morgan fingerprint density at radius 1 is 1.38 bits per heavy atom. The second-order valence-electron chi connectivity index (χ2n) is 6.94. The van der Waals surface area contributed by atoms with Crippen molar-refractivity contribution < 1.29 is 4.74 Å². The minimum Gasteiger partial charge on any atom is -0.376 e. The van der Waals surface area contributed by atoms with Crippen LogP contribution in [-0.2, 0) is 18.3 Å². The second kappa shape index (κ2) is 12.5. The summed E-state index contributed by atoms with van der Waals surface area (Å²) < 4.78 is 7.68. The molecule has 2 N–H and O–H groups in total. The van der Waals surface area contributed by atoms with Gasteiger partial charge in [-0.2, -0.15) is 0 Å². The van der Waals surface area contributed by atoms with Crippen LogP contribution in [0, 0.1) is 6.92 Å². The molecule has 0 spiro atoms. The first-order chi connectivity index (χ1) is 12.1. The smallest absolute Gasteiger partial charge is 0.192 e. The largest absolute Gasteiger partial charge is 0.376 e. The highest BCUT2D eigenvalue weighted by atomic mass is 127. The molecule has 7 nitrogen and oxygen atoms in total. The number of nitrogens with zero attached hydrogens (tertiary/aromatic N) is 4. The van der Waals surface area contributed by atoms with E-state index in [1.807, 2.05) is 18.5 Å². The van der Waals surface area contributed by atoms with Crippen LogP contribution >= 0.6 is 24.0 Å². The Balaban J connectivity index is 0.00000338. The summed E-state index contributed by atoms with van der Waals surface area (Å²) in [5, 5.41) is 15.2. The molecule has 1 aromatic heterocycles. The van der Waals surface area contributed by atoms with E-state index < -0.39 is 0 Å². The van der Waals surface area contributed by atoms with E-state index in [1.165, 1.54) is 19.3 Å². The molecular formula is C18H35IN6O. The lowest BCUT2D eigenvalue weighted by atomic mass is 10.1. The molecule has 26 heavy (non-hydrogen) atoms. The monoisotopic (exact) mass is 478 g/mol. The molecule has 2 heterocycles. The Kier molecular flexibility index (Phi) is 11.1. The molecular weight excluding hydrogens is 443 g/mol. The highest BCUT2D eigenvalue weighted by molar-refractivity contribution is 14.0. The lowest BCUT2D eigenvalue weighted by Gasteiger charge is -2.20. The summed E-state index contributed by atoms with van der Waals surface area (Å²) >= 11 is 0. The first-order valence-electron chi connectivity index (χ1n) is 9.61. The van der Waals surface area contributed by atoms with Gasteiger partial charge >= 0.3 is 0 Å². The maximum atomic E-state index is 5.70. The highest BCUT2D eigenvalue weighted by Gasteiger charge is 2.16. The van der Waals surface area contributed by atoms with Gasteiger partial charge < -0.3 is 19.9 Å². The topological polar surface area (TPSA) is 76.4 Å². The van der Waals surface area contributed by atoms with Crippen LogP contribution in [0.25, 0.3) is 0 Å². The third-order valence-corrected chi connectivity index (χ3v) is 4.71. The Labute approximate surface area is 174 Å². The summed E-state index contributed by atoms with van der Waals surface area (Å²) in [7, 11) is 1.97. The first-order valence-corrected chi connectivity index (χ1v) is 9.61. The number of ether oxygens (including phenoxy) is 1. The maximum Gasteiger partial charge on any atom is 0.192 e. The van der Waals surface area contributed by atoms with Crippen LogP contribution in [0.3, 0.4) is 0 Å². The molecule has 1 aliphatic rings. The molecule has 150 valence electrons. The summed E-state index contributed by atoms with van der Waals surface area (Å²) in [5.74, 6) is 2.61. The van der Waals surface area contributed by atoms with Gasteiger partial charge in [-0.15, -0.1) is 34.2 Å². The maximum absolute atomic E-state index is 5.70. The summed E-state index contributed by atoms with van der Waals surface area (Å²) in [6.07, 6.45) is 7.48. The lowest BCUT2D eigenvalue weighted by molar-refractivity contribution is 0.113. The third kappa shape index (κ3) is 7.77. The van der Waals surface area contributed by atoms with Gasteiger partial charge in [-0.25, -0.2) is 4.99 Å². The molecule has 0 aliphatic carbocycles. The molecule has 1 fully saturated rings. The van der Waals surface area contributed by atoms with E-state index in [0.717, 1.165) is 50.0 Å². The van der Waals surface area contributed by atoms with E-state index in [0.29, 0.717) is 18.7 Å². The number of hydrogen-bond acceptors (Lipinski definition) is 4. The average Bonchev–Trinajstić information content (AvgIpc) is 3.22. The van der Waals surface area contributed by atoms with Gasteiger partial charge in [-0.05, 0) is 33.1 Å². The van der Waals surface area contributed by atoms with Crippen molar-refractivity contribution in [1.29, 1.82) is 0 Å². The van der Waals surface area contributed by atoms with Gasteiger partial charge in [-0.3, -0.25) is 0 Å². The highest BCUT2D eigenvalue weighted by Crippen LogP contribution is 2.10. The van der Waals surface area contributed by atoms with Crippen molar-refractivity contribution in [3.8, 4) is 0 Å². The van der Waals surface area contributed by atoms with Crippen molar-refractivity contribution in [3.63, 3.8) is 0 Å². The lowest BCUT2D eigenvalue weighted by Crippen LogP contribution is -2.44. The number of halogens is 1. The quantitative estimate of drug-likeness (QED) is 0.247. The van der Waals surface area contributed by atoms with Crippen molar-refractivity contribution in [2.24, 2.45) is 12.0 Å². The number of unbranched alkanes of at least 4 members (excludes halogenated alkanes) is 2. The van der Waals surface area contributed by atoms with E-state index in [1.54, 1.807) is 0 Å². The van der Waals surface area contributed by atoms with E-state index in [-0.39, 0.29) is 24.0 Å². The van der Waals surface area contributed by atoms with E-state index in [9.17, 15) is 0 Å². The normalized spacial score (nSPS) is 18.5. The average molecular weight is 478 g/mol. The standard InChI is InChI=1S/C18H34N6O.HI/c1-5-6-7-9-14(2)21-18(19-12-16-10-8-11-25-16)20-13-17-23-22-15(3)24(17)4;/h14,16H,5-13H2,1-4H3,(H2,19,20,21);1H. The van der Waals surface area contributed by atoms with Crippen LogP contribution < -0.4 is 10.6 Å². The van der Waals surface area contributed by atoms with Crippen LogP contribution in [0.15, 0.2) is 4.99 Å². The number of aromatic nitrogens is 3. The SMILES string of the molecule is CCCCCC(C)NC(=NCc1nnc(C)n1C)NCC1CCCO1.I. The van der Waals surface area contributed by atoms with E-state index in [4.69, 9.17) is 9.73 Å². The zero-order valence-corrected chi connectivity index (χ0v) is 19.0. The van der Waals surface area contributed by atoms with Crippen LogP contribution in [0.4, 0.5) is 0 Å². The van der Waals surface area contributed by atoms with Crippen LogP contribution in [0.5, 0.6) is 0 Å². The van der Waals surface area contributed by atoms with Crippen molar-refractivity contribution in [2.75, 3.05) is 13.2 Å². The number of guanidine groups is 1. The fourth-order valence-corrected chi connectivity index (χ4v) is 2.91. The van der Waals surface area contributed by atoms with Gasteiger partial charge in [0.1, 0.15) is 12.4 Å². The molecule has 2 unspecified atom stereocenters. The van der Waals surface area contributed by atoms with Crippen LogP contribution in [0.1, 0.15) is 64.0 Å². The van der Waals surface area contributed by atoms with Gasteiger partial charge in [0.15, 0.2) is 11.8 Å². The van der Waals surface area contributed by atoms with Gasteiger partial charge in [0.25, 0.3) is 0 Å². The molecule has 0 amide bonds. The van der Waals surface area contributed by atoms with Crippen LogP contribution in [-0.4, -0.2) is 46.0 Å². The Hall–Kier alpha value is -0.900. The predicted molar refractivity (Wildman–Crippen MR) is 116 cm³/mol. The number of aliphatic imine (C=N–C) groups is 1. The number of nitrogens with one attached hydrogen (secondary N) is 2. The summed E-state index contributed by atoms with van der Waals surface area (Å²) in [4.78, 5) is 4.71. The molecule has 8 heteroatoms. The summed E-state index contributed by atoms with van der Waals surface area (Å²) in [6.45, 7) is 8.58. The van der Waals surface area contributed by atoms with Gasteiger partial charge in [0.05, 0.1) is 6.10 Å². The molecule has 1 aromatic rings. The molecule has 2 rings (SSSR count). The second-order valence-corrected chi connectivity index (χ2v) is 6.94. The summed E-state index contributed by atoms with van der Waals surface area (Å²) in [5.41, 5.74) is 0. The van der Waals surface area contributed by atoms with Crippen molar-refractivity contribution in [3.05, 3.63) is 11.6 Å². The van der Waals surface area contributed by atoms with Crippen molar-refractivity contribution in [1.82, 2.24) is 25.4 Å². The number of aryl methyl sites for hydroxylation is 1. The van der Waals surface area contributed by atoms with Gasteiger partial charge in [0, 0.05) is 26.2 Å². The molecule has 2 atom stereocenters. The molecule has 0 radical (unpaired) electrons. The van der Waals surface area contributed by atoms with E-state index >= 15 is 0 Å². The minimum absolute atomic E-state index is 0. The third-order valence-electron chi connectivity index (χ3n) is 4.71. The van der Waals surface area contributed by atoms with Crippen molar-refractivity contribution >= 4 is 29.9 Å². The molecule has 1 saturated heterocycles. The zero-order chi connectivity index (χ0) is 18.1. The summed E-state index contributed by atoms with van der Waals surface area (Å²) in [6, 6.07) is 0.392. The van der Waals surface area contributed by atoms with Crippen LogP contribution in [0.2, 0.25) is 0 Å². The molecule has 0 aromatic carbocycles. The number of rotatable bonds is 9. The van der Waals surface area contributed by atoms with Crippen molar-refractivity contribution in [2.45, 2.75) is 78.0 Å². The molecule has 0 bridgehead atoms. The Morgan fingerprint density at radius 3 is 2.81 bits per heavy atom. The predicted octanol–water partition coefficient (Wildman–Crippen LogP) is 2.92. The zero-order valence-electron chi connectivity index (χ0n) is 16.6. The fourth-order valence-electron chi connectivity index (χ4n) is 2.91. The molecule has 1 aliphatic heterocycles. The minimum atomic E-state index is 0. The first kappa shape index (κ1) is 23.1. The molecule has 0 saturated carbocycles. The number of hydrogen-bond donors (Lipinski definition) is 2. The Morgan fingerprint density at radius 2 is 2.19 bits per heavy atom. The van der Waals surface area contributed by atoms with Gasteiger partial charge in [-0.1, -0.05) is 26.2 Å². The van der Waals surface area contributed by atoms with Gasteiger partial charge in [0.2, 0.25) is 0 Å².